The van der Waals surface area contributed by atoms with Gasteiger partial charge in [0.2, 0.25) is 5.91 Å². The van der Waals surface area contributed by atoms with E-state index in [9.17, 15) is 9.90 Å². The number of carbonyl (C=O) groups is 1. The van der Waals surface area contributed by atoms with Crippen molar-refractivity contribution in [3.05, 3.63) is 0 Å². The number of hydrogen-bond acceptors (Lipinski definition) is 2. The molecule has 0 saturated carbocycles. The zero-order valence-electron chi connectivity index (χ0n) is 8.49. The van der Waals surface area contributed by atoms with Crippen LogP contribution in [-0.4, -0.2) is 34.6 Å². The minimum Gasteiger partial charge on any atom is -0.391 e. The molecule has 0 bridgehead atoms. The molecular formula is C10H19NO2. The monoisotopic (exact) mass is 185 g/mol. The van der Waals surface area contributed by atoms with Crippen molar-refractivity contribution in [1.82, 2.24) is 4.90 Å². The van der Waals surface area contributed by atoms with Gasteiger partial charge >= 0.3 is 0 Å². The summed E-state index contributed by atoms with van der Waals surface area (Å²) in [7, 11) is 0. The van der Waals surface area contributed by atoms with E-state index in [-0.39, 0.29) is 12.0 Å². The fourth-order valence-corrected chi connectivity index (χ4v) is 1.79. The lowest BCUT2D eigenvalue weighted by molar-refractivity contribution is -0.137. The van der Waals surface area contributed by atoms with E-state index >= 15 is 0 Å². The van der Waals surface area contributed by atoms with E-state index in [1.165, 1.54) is 0 Å². The second kappa shape index (κ2) is 4.61. The van der Waals surface area contributed by atoms with Crippen LogP contribution in [0.5, 0.6) is 0 Å². The Morgan fingerprint density at radius 3 is 2.85 bits per heavy atom. The average molecular weight is 185 g/mol. The van der Waals surface area contributed by atoms with Gasteiger partial charge in [0.15, 0.2) is 0 Å². The fraction of sp³-hybridized carbons (Fsp3) is 0.900. The summed E-state index contributed by atoms with van der Waals surface area (Å²) in [5, 5.41) is 9.42. The van der Waals surface area contributed by atoms with Crippen LogP contribution in [-0.2, 0) is 4.79 Å². The molecule has 1 heterocycles. The van der Waals surface area contributed by atoms with Gasteiger partial charge in [-0.15, -0.1) is 0 Å². The van der Waals surface area contributed by atoms with Crippen LogP contribution < -0.4 is 0 Å². The normalized spacial score (nSPS) is 29.0. The standard InChI is InChI=1S/C10H19NO2/c1-3-4-10(13)11-7-9(12)6-5-8(11)2/h8-9,12H,3-7H2,1-2H3/t8-,9-/m0/s1. The Bertz CT molecular complexity index is 182. The number of β-amino-alcohol motifs (C(OH)–C–C–N with tert-alkyl or cyclic N) is 1. The number of amides is 1. The lowest BCUT2D eigenvalue weighted by atomic mass is 10.0. The molecule has 76 valence electrons. The van der Waals surface area contributed by atoms with Crippen LogP contribution in [0.25, 0.3) is 0 Å². The van der Waals surface area contributed by atoms with Gasteiger partial charge in [0.1, 0.15) is 0 Å². The van der Waals surface area contributed by atoms with Crippen molar-refractivity contribution in [2.45, 2.75) is 51.7 Å². The molecule has 3 nitrogen and oxygen atoms in total. The van der Waals surface area contributed by atoms with Gasteiger partial charge in [0.05, 0.1) is 6.10 Å². The lowest BCUT2D eigenvalue weighted by Gasteiger charge is -2.36. The maximum Gasteiger partial charge on any atom is 0.222 e. The predicted molar refractivity (Wildman–Crippen MR) is 51.3 cm³/mol. The number of piperidine rings is 1. The van der Waals surface area contributed by atoms with Crippen molar-refractivity contribution >= 4 is 5.91 Å². The molecule has 0 aliphatic carbocycles. The Hall–Kier alpha value is -0.570. The highest BCUT2D eigenvalue weighted by atomic mass is 16.3. The molecule has 0 aromatic carbocycles. The molecule has 2 atom stereocenters. The second-order valence-electron chi connectivity index (χ2n) is 3.88. The van der Waals surface area contributed by atoms with Crippen molar-refractivity contribution in [2.75, 3.05) is 6.54 Å². The molecule has 13 heavy (non-hydrogen) atoms. The quantitative estimate of drug-likeness (QED) is 0.701. The van der Waals surface area contributed by atoms with E-state index in [0.717, 1.165) is 19.3 Å². The molecule has 1 amide bonds. The lowest BCUT2D eigenvalue weighted by Crippen LogP contribution is -2.47. The molecule has 1 aliphatic rings. The van der Waals surface area contributed by atoms with Gasteiger partial charge in [-0.2, -0.15) is 0 Å². The third-order valence-electron chi connectivity index (χ3n) is 2.64. The van der Waals surface area contributed by atoms with Gasteiger partial charge in [-0.1, -0.05) is 6.92 Å². The van der Waals surface area contributed by atoms with E-state index in [4.69, 9.17) is 0 Å². The number of carbonyl (C=O) groups excluding carboxylic acids is 1. The molecule has 1 rings (SSSR count). The molecule has 1 N–H and O–H groups in total. The molecule has 0 aromatic heterocycles. The van der Waals surface area contributed by atoms with Gasteiger partial charge in [0, 0.05) is 19.0 Å². The first-order valence-corrected chi connectivity index (χ1v) is 5.12. The summed E-state index contributed by atoms with van der Waals surface area (Å²) < 4.78 is 0. The highest BCUT2D eigenvalue weighted by Crippen LogP contribution is 2.18. The van der Waals surface area contributed by atoms with Gasteiger partial charge in [-0.05, 0) is 26.2 Å². The minimum atomic E-state index is -0.308. The summed E-state index contributed by atoms with van der Waals surface area (Å²) in [5.74, 6) is 0.189. The maximum atomic E-state index is 11.6. The van der Waals surface area contributed by atoms with E-state index in [0.29, 0.717) is 19.0 Å². The summed E-state index contributed by atoms with van der Waals surface area (Å²) in [5.41, 5.74) is 0. The SMILES string of the molecule is CCCC(=O)N1C[C@@H](O)CC[C@@H]1C. The average Bonchev–Trinajstić information content (AvgIpc) is 2.09. The summed E-state index contributed by atoms with van der Waals surface area (Å²) in [4.78, 5) is 13.4. The molecular weight excluding hydrogens is 166 g/mol. The number of hydrogen-bond donors (Lipinski definition) is 1. The number of nitrogens with zero attached hydrogens (tertiary/aromatic N) is 1. The Morgan fingerprint density at radius 1 is 1.54 bits per heavy atom. The Kier molecular flexibility index (Phi) is 3.72. The van der Waals surface area contributed by atoms with Gasteiger partial charge in [0.25, 0.3) is 0 Å². The van der Waals surface area contributed by atoms with Gasteiger partial charge in [-0.25, -0.2) is 0 Å². The van der Waals surface area contributed by atoms with Crippen molar-refractivity contribution in [3.63, 3.8) is 0 Å². The van der Waals surface area contributed by atoms with Crippen LogP contribution in [0.2, 0.25) is 0 Å². The van der Waals surface area contributed by atoms with Crippen molar-refractivity contribution in [3.8, 4) is 0 Å². The zero-order chi connectivity index (χ0) is 9.84. The van der Waals surface area contributed by atoms with Crippen LogP contribution in [0, 0.1) is 0 Å². The highest BCUT2D eigenvalue weighted by Gasteiger charge is 2.26. The van der Waals surface area contributed by atoms with Crippen LogP contribution in [0.3, 0.4) is 0 Å². The van der Waals surface area contributed by atoms with Crippen LogP contribution in [0.4, 0.5) is 0 Å². The summed E-state index contributed by atoms with van der Waals surface area (Å²) in [6, 6.07) is 0.308. The van der Waals surface area contributed by atoms with Crippen molar-refractivity contribution < 1.29 is 9.90 Å². The Morgan fingerprint density at radius 2 is 2.23 bits per heavy atom. The third-order valence-corrected chi connectivity index (χ3v) is 2.64. The zero-order valence-corrected chi connectivity index (χ0v) is 8.49. The third kappa shape index (κ3) is 2.69. The Labute approximate surface area is 79.7 Å². The summed E-state index contributed by atoms with van der Waals surface area (Å²) >= 11 is 0. The Balaban J connectivity index is 2.50. The molecule has 0 aromatic rings. The number of aliphatic hydroxyl groups is 1. The molecule has 0 unspecified atom stereocenters. The van der Waals surface area contributed by atoms with Gasteiger partial charge in [-0.3, -0.25) is 4.79 Å². The number of rotatable bonds is 2. The summed E-state index contributed by atoms with van der Waals surface area (Å²) in [6.45, 7) is 4.59. The first-order chi connectivity index (χ1) is 6.15. The van der Waals surface area contributed by atoms with Crippen LogP contribution in [0.1, 0.15) is 39.5 Å². The van der Waals surface area contributed by atoms with E-state index in [1.807, 2.05) is 11.8 Å². The molecule has 0 spiro atoms. The largest absolute Gasteiger partial charge is 0.391 e. The number of aliphatic hydroxyl groups excluding tert-OH is 1. The van der Waals surface area contributed by atoms with Crippen LogP contribution >= 0.6 is 0 Å². The minimum absolute atomic E-state index is 0.189. The van der Waals surface area contributed by atoms with Crippen molar-refractivity contribution in [1.29, 1.82) is 0 Å². The maximum absolute atomic E-state index is 11.6. The number of likely N-dealkylation sites (tertiary alicyclic amines) is 1. The molecule has 1 aliphatic heterocycles. The second-order valence-corrected chi connectivity index (χ2v) is 3.88. The van der Waals surface area contributed by atoms with Gasteiger partial charge < -0.3 is 10.0 Å². The first kappa shape index (κ1) is 10.5. The van der Waals surface area contributed by atoms with Crippen molar-refractivity contribution in [2.24, 2.45) is 0 Å². The molecule has 3 heteroatoms. The predicted octanol–water partition coefficient (Wildman–Crippen LogP) is 1.16. The molecule has 1 saturated heterocycles. The van der Waals surface area contributed by atoms with E-state index in [2.05, 4.69) is 6.92 Å². The molecule has 1 fully saturated rings. The fourth-order valence-electron chi connectivity index (χ4n) is 1.79. The molecule has 0 radical (unpaired) electrons. The smallest absolute Gasteiger partial charge is 0.222 e. The highest BCUT2D eigenvalue weighted by molar-refractivity contribution is 5.76. The van der Waals surface area contributed by atoms with E-state index < -0.39 is 0 Å². The summed E-state index contributed by atoms with van der Waals surface area (Å²) in [6.07, 6.45) is 2.94. The van der Waals surface area contributed by atoms with E-state index in [1.54, 1.807) is 0 Å². The van der Waals surface area contributed by atoms with Crippen LogP contribution in [0.15, 0.2) is 0 Å². The first-order valence-electron chi connectivity index (χ1n) is 5.12. The topological polar surface area (TPSA) is 40.5 Å².